The van der Waals surface area contributed by atoms with Crippen molar-refractivity contribution in [2.24, 2.45) is 0 Å². The Balaban J connectivity index is 2.09. The molecular weight excluding hydrogens is 317 g/mol. The van der Waals surface area contributed by atoms with Crippen molar-refractivity contribution in [2.45, 2.75) is 37.4 Å². The SMILES string of the molecule is O=C(NC1(C(=O)O)CCCC1)c1cccc(OCC(F)(F)F)n1. The van der Waals surface area contributed by atoms with E-state index >= 15 is 0 Å². The monoisotopic (exact) mass is 332 g/mol. The van der Waals surface area contributed by atoms with Crippen molar-refractivity contribution >= 4 is 11.9 Å². The van der Waals surface area contributed by atoms with E-state index in [-0.39, 0.29) is 11.6 Å². The van der Waals surface area contributed by atoms with E-state index in [4.69, 9.17) is 0 Å². The number of halogens is 3. The van der Waals surface area contributed by atoms with Gasteiger partial charge in [0.1, 0.15) is 11.2 Å². The molecule has 0 radical (unpaired) electrons. The van der Waals surface area contributed by atoms with Crippen LogP contribution in [-0.2, 0) is 4.79 Å². The molecule has 1 aromatic rings. The third kappa shape index (κ3) is 4.33. The van der Waals surface area contributed by atoms with E-state index in [0.717, 1.165) is 0 Å². The summed E-state index contributed by atoms with van der Waals surface area (Å²) in [4.78, 5) is 27.2. The van der Waals surface area contributed by atoms with Crippen molar-refractivity contribution in [3.63, 3.8) is 0 Å². The zero-order valence-corrected chi connectivity index (χ0v) is 12.0. The molecule has 1 heterocycles. The minimum atomic E-state index is -4.52. The number of carbonyl (C=O) groups excluding carboxylic acids is 1. The zero-order chi connectivity index (χ0) is 17.1. The first-order valence-electron chi connectivity index (χ1n) is 6.94. The molecule has 2 rings (SSSR count). The molecule has 1 aromatic heterocycles. The highest BCUT2D eigenvalue weighted by molar-refractivity contribution is 5.96. The zero-order valence-electron chi connectivity index (χ0n) is 12.0. The normalized spacial score (nSPS) is 16.8. The lowest BCUT2D eigenvalue weighted by molar-refractivity contribution is -0.154. The van der Waals surface area contributed by atoms with Gasteiger partial charge in [-0.05, 0) is 18.9 Å². The topological polar surface area (TPSA) is 88.5 Å². The lowest BCUT2D eigenvalue weighted by Gasteiger charge is -2.25. The van der Waals surface area contributed by atoms with E-state index in [2.05, 4.69) is 15.0 Å². The number of rotatable bonds is 5. The molecule has 23 heavy (non-hydrogen) atoms. The summed E-state index contributed by atoms with van der Waals surface area (Å²) in [6.45, 7) is -1.52. The molecule has 1 amide bonds. The summed E-state index contributed by atoms with van der Waals surface area (Å²) >= 11 is 0. The smallest absolute Gasteiger partial charge is 0.422 e. The Kier molecular flexibility index (Phi) is 4.76. The van der Waals surface area contributed by atoms with Gasteiger partial charge in [-0.2, -0.15) is 13.2 Å². The van der Waals surface area contributed by atoms with Gasteiger partial charge in [0.15, 0.2) is 6.61 Å². The van der Waals surface area contributed by atoms with Gasteiger partial charge in [-0.3, -0.25) is 4.79 Å². The number of hydrogen-bond acceptors (Lipinski definition) is 4. The summed E-state index contributed by atoms with van der Waals surface area (Å²) < 4.78 is 40.8. The molecule has 1 fully saturated rings. The molecule has 0 saturated heterocycles. The third-order valence-electron chi connectivity index (χ3n) is 3.56. The Bertz CT molecular complexity index is 598. The van der Waals surface area contributed by atoms with Gasteiger partial charge >= 0.3 is 12.1 Å². The second kappa shape index (κ2) is 6.43. The summed E-state index contributed by atoms with van der Waals surface area (Å²) in [6, 6.07) is 3.78. The number of hydrogen-bond donors (Lipinski definition) is 2. The molecule has 0 bridgehead atoms. The second-order valence-corrected chi connectivity index (χ2v) is 5.31. The van der Waals surface area contributed by atoms with Crippen LogP contribution in [0, 0.1) is 0 Å². The number of nitrogens with one attached hydrogen (secondary N) is 1. The highest BCUT2D eigenvalue weighted by Gasteiger charge is 2.43. The van der Waals surface area contributed by atoms with Gasteiger partial charge in [-0.1, -0.05) is 18.9 Å². The maximum atomic E-state index is 12.1. The van der Waals surface area contributed by atoms with E-state index in [1.165, 1.54) is 18.2 Å². The fourth-order valence-corrected chi connectivity index (χ4v) is 2.43. The number of carbonyl (C=O) groups is 2. The maximum Gasteiger partial charge on any atom is 0.422 e. The van der Waals surface area contributed by atoms with Gasteiger partial charge in [0.25, 0.3) is 5.91 Å². The van der Waals surface area contributed by atoms with Crippen molar-refractivity contribution in [3.8, 4) is 5.88 Å². The van der Waals surface area contributed by atoms with Gasteiger partial charge in [-0.25, -0.2) is 9.78 Å². The van der Waals surface area contributed by atoms with Crippen LogP contribution in [0.3, 0.4) is 0 Å². The summed E-state index contributed by atoms with van der Waals surface area (Å²) in [5, 5.41) is 11.7. The van der Waals surface area contributed by atoms with E-state index in [1.807, 2.05) is 0 Å². The predicted molar refractivity (Wildman–Crippen MR) is 72.1 cm³/mol. The first-order valence-corrected chi connectivity index (χ1v) is 6.94. The van der Waals surface area contributed by atoms with Crippen molar-refractivity contribution in [2.75, 3.05) is 6.61 Å². The van der Waals surface area contributed by atoms with E-state index in [0.29, 0.717) is 25.7 Å². The van der Waals surface area contributed by atoms with Crippen molar-refractivity contribution in [1.82, 2.24) is 10.3 Å². The molecule has 1 aliphatic rings. The molecule has 6 nitrogen and oxygen atoms in total. The summed E-state index contributed by atoms with van der Waals surface area (Å²) in [5.74, 6) is -2.25. The van der Waals surface area contributed by atoms with Crippen molar-refractivity contribution < 1.29 is 32.6 Å². The maximum absolute atomic E-state index is 12.1. The van der Waals surface area contributed by atoms with Crippen LogP contribution in [0.2, 0.25) is 0 Å². The van der Waals surface area contributed by atoms with E-state index in [9.17, 15) is 27.9 Å². The van der Waals surface area contributed by atoms with Crippen LogP contribution in [0.1, 0.15) is 36.2 Å². The van der Waals surface area contributed by atoms with E-state index in [1.54, 1.807) is 0 Å². The number of carboxylic acids is 1. The fourth-order valence-electron chi connectivity index (χ4n) is 2.43. The highest BCUT2D eigenvalue weighted by atomic mass is 19.4. The standard InChI is InChI=1S/C14H15F3N2O4/c15-14(16,17)8-23-10-5-3-4-9(18-10)11(20)19-13(12(21)22)6-1-2-7-13/h3-5H,1-2,6-8H2,(H,19,20)(H,21,22). The first-order chi connectivity index (χ1) is 10.7. The Hall–Kier alpha value is -2.32. The Morgan fingerprint density at radius 2 is 1.96 bits per heavy atom. The van der Waals surface area contributed by atoms with Gasteiger partial charge in [0, 0.05) is 6.07 Å². The number of ether oxygens (including phenoxy) is 1. The van der Waals surface area contributed by atoms with Gasteiger partial charge in [0.2, 0.25) is 5.88 Å². The minimum Gasteiger partial charge on any atom is -0.480 e. The predicted octanol–water partition coefficient (Wildman–Crippen LogP) is 2.15. The Morgan fingerprint density at radius 1 is 1.30 bits per heavy atom. The van der Waals surface area contributed by atoms with Crippen LogP contribution < -0.4 is 10.1 Å². The number of pyridine rings is 1. The molecule has 1 saturated carbocycles. The molecule has 0 spiro atoms. The molecule has 0 aromatic carbocycles. The minimum absolute atomic E-state index is 0.197. The average molecular weight is 332 g/mol. The number of amides is 1. The summed E-state index contributed by atoms with van der Waals surface area (Å²) in [6.07, 6.45) is -2.56. The number of nitrogens with zero attached hydrogens (tertiary/aromatic N) is 1. The Labute approximate surface area is 129 Å². The molecule has 126 valence electrons. The van der Waals surface area contributed by atoms with Crippen molar-refractivity contribution in [1.29, 1.82) is 0 Å². The molecule has 1 aliphatic carbocycles. The number of alkyl halides is 3. The number of carboxylic acid groups (broad SMARTS) is 1. The molecule has 0 aliphatic heterocycles. The summed E-state index contributed by atoms with van der Waals surface area (Å²) in [7, 11) is 0. The lowest BCUT2D eigenvalue weighted by atomic mass is 9.97. The van der Waals surface area contributed by atoms with Crippen LogP contribution in [0.25, 0.3) is 0 Å². The van der Waals surface area contributed by atoms with Gasteiger partial charge < -0.3 is 15.2 Å². The van der Waals surface area contributed by atoms with Crippen LogP contribution in [0.5, 0.6) is 5.88 Å². The summed E-state index contributed by atoms with van der Waals surface area (Å²) in [5.41, 5.74) is -1.54. The fraction of sp³-hybridized carbons (Fsp3) is 0.500. The lowest BCUT2D eigenvalue weighted by Crippen LogP contribution is -2.52. The van der Waals surface area contributed by atoms with Gasteiger partial charge in [0.05, 0.1) is 0 Å². The quantitative estimate of drug-likeness (QED) is 0.862. The van der Waals surface area contributed by atoms with Crippen LogP contribution in [-0.4, -0.2) is 40.3 Å². The molecule has 9 heteroatoms. The number of aliphatic carboxylic acids is 1. The molecule has 2 N–H and O–H groups in total. The first kappa shape index (κ1) is 17.0. The van der Waals surface area contributed by atoms with Crippen LogP contribution in [0.4, 0.5) is 13.2 Å². The van der Waals surface area contributed by atoms with Gasteiger partial charge in [-0.15, -0.1) is 0 Å². The van der Waals surface area contributed by atoms with Crippen LogP contribution >= 0.6 is 0 Å². The Morgan fingerprint density at radius 3 is 2.52 bits per heavy atom. The highest BCUT2D eigenvalue weighted by Crippen LogP contribution is 2.30. The number of aromatic nitrogens is 1. The second-order valence-electron chi connectivity index (χ2n) is 5.31. The van der Waals surface area contributed by atoms with E-state index < -0.39 is 30.2 Å². The molecule has 0 atom stereocenters. The average Bonchev–Trinajstić information content (AvgIpc) is 2.94. The third-order valence-corrected chi connectivity index (χ3v) is 3.56. The molecular formula is C14H15F3N2O4. The van der Waals surface area contributed by atoms with Crippen LogP contribution in [0.15, 0.2) is 18.2 Å². The molecule has 0 unspecified atom stereocenters. The largest absolute Gasteiger partial charge is 0.480 e. The van der Waals surface area contributed by atoms with Crippen molar-refractivity contribution in [3.05, 3.63) is 23.9 Å².